The first-order valence-electron chi connectivity index (χ1n) is 10.1. The SMILES string of the molecule is C=CCc1cc(/C=C2\SC(=O)N(Cc3c(F)cccc3Cl)C2=O)cc(OCC)c1OCC. The quantitative estimate of drug-likeness (QED) is 0.317. The number of nitrogens with zero attached hydrogens (tertiary/aromatic N) is 1. The maximum atomic E-state index is 14.1. The van der Waals surface area contributed by atoms with E-state index < -0.39 is 17.0 Å². The minimum atomic E-state index is -0.567. The summed E-state index contributed by atoms with van der Waals surface area (Å²) < 4.78 is 25.7. The zero-order valence-electron chi connectivity index (χ0n) is 17.8. The van der Waals surface area contributed by atoms with Crippen LogP contribution in [0.4, 0.5) is 9.18 Å². The number of hydrogen-bond donors (Lipinski definition) is 0. The number of allylic oxidation sites excluding steroid dienone is 1. The summed E-state index contributed by atoms with van der Waals surface area (Å²) in [7, 11) is 0. The normalized spacial score (nSPS) is 14.9. The summed E-state index contributed by atoms with van der Waals surface area (Å²) in [5, 5.41) is -0.321. The van der Waals surface area contributed by atoms with Crippen molar-refractivity contribution in [1.82, 2.24) is 4.90 Å². The number of benzene rings is 2. The van der Waals surface area contributed by atoms with Crippen LogP contribution in [-0.4, -0.2) is 29.3 Å². The van der Waals surface area contributed by atoms with Crippen LogP contribution in [0.1, 0.15) is 30.5 Å². The zero-order valence-corrected chi connectivity index (χ0v) is 19.4. The van der Waals surface area contributed by atoms with Gasteiger partial charge in [-0.2, -0.15) is 0 Å². The van der Waals surface area contributed by atoms with Crippen LogP contribution in [0, 0.1) is 5.82 Å². The van der Waals surface area contributed by atoms with Gasteiger partial charge >= 0.3 is 0 Å². The van der Waals surface area contributed by atoms with Crippen LogP contribution in [-0.2, 0) is 17.8 Å². The molecule has 0 bridgehead atoms. The average molecular weight is 476 g/mol. The monoisotopic (exact) mass is 475 g/mol. The van der Waals surface area contributed by atoms with E-state index in [-0.39, 0.29) is 22.0 Å². The molecule has 1 aliphatic rings. The van der Waals surface area contributed by atoms with Crippen LogP contribution >= 0.6 is 23.4 Å². The fraction of sp³-hybridized carbons (Fsp3) is 0.250. The van der Waals surface area contributed by atoms with Crippen molar-refractivity contribution in [2.24, 2.45) is 0 Å². The molecule has 0 saturated carbocycles. The standard InChI is InChI=1S/C24H23ClFNO4S/c1-4-8-16-11-15(12-20(30-5-2)22(16)31-6-3)13-21-23(28)27(24(29)32-21)14-17-18(25)9-7-10-19(17)26/h4,7,9-13H,1,5-6,8,14H2,2-3H3/b21-13-. The van der Waals surface area contributed by atoms with Crippen molar-refractivity contribution >= 4 is 40.6 Å². The minimum absolute atomic E-state index is 0.102. The molecule has 0 unspecified atom stereocenters. The summed E-state index contributed by atoms with van der Waals surface area (Å²) in [5.41, 5.74) is 1.64. The Morgan fingerprint density at radius 2 is 1.94 bits per heavy atom. The van der Waals surface area contributed by atoms with Gasteiger partial charge in [-0.15, -0.1) is 6.58 Å². The van der Waals surface area contributed by atoms with Gasteiger partial charge in [0, 0.05) is 16.1 Å². The largest absolute Gasteiger partial charge is 0.490 e. The van der Waals surface area contributed by atoms with Gasteiger partial charge in [0.25, 0.3) is 11.1 Å². The second-order valence-corrected chi connectivity index (χ2v) is 8.23. The Labute approximate surface area is 195 Å². The Balaban J connectivity index is 1.95. The fourth-order valence-electron chi connectivity index (χ4n) is 3.27. The van der Waals surface area contributed by atoms with Gasteiger partial charge in [-0.3, -0.25) is 14.5 Å². The number of hydrogen-bond acceptors (Lipinski definition) is 5. The molecule has 32 heavy (non-hydrogen) atoms. The third-order valence-corrected chi connectivity index (χ3v) is 5.92. The lowest BCUT2D eigenvalue weighted by atomic mass is 10.0. The van der Waals surface area contributed by atoms with E-state index >= 15 is 0 Å². The molecular weight excluding hydrogens is 453 g/mol. The van der Waals surface area contributed by atoms with Crippen molar-refractivity contribution in [3.63, 3.8) is 0 Å². The number of carbonyl (C=O) groups is 2. The average Bonchev–Trinajstić information content (AvgIpc) is 3.00. The molecule has 0 aromatic heterocycles. The molecule has 168 valence electrons. The molecule has 8 heteroatoms. The van der Waals surface area contributed by atoms with Gasteiger partial charge in [0.05, 0.1) is 24.7 Å². The number of ether oxygens (including phenoxy) is 2. The van der Waals surface area contributed by atoms with Gasteiger partial charge in [0.15, 0.2) is 11.5 Å². The maximum absolute atomic E-state index is 14.1. The number of amides is 2. The third-order valence-electron chi connectivity index (χ3n) is 4.66. The first-order chi connectivity index (χ1) is 15.4. The molecule has 1 aliphatic heterocycles. The fourth-order valence-corrected chi connectivity index (χ4v) is 4.34. The smallest absolute Gasteiger partial charge is 0.293 e. The molecule has 0 spiro atoms. The Hall–Kier alpha value is -2.77. The van der Waals surface area contributed by atoms with Gasteiger partial charge in [0.1, 0.15) is 5.82 Å². The molecule has 0 atom stereocenters. The Morgan fingerprint density at radius 1 is 1.19 bits per heavy atom. The summed E-state index contributed by atoms with van der Waals surface area (Å²) in [4.78, 5) is 26.6. The van der Waals surface area contributed by atoms with E-state index in [0.717, 1.165) is 22.2 Å². The van der Waals surface area contributed by atoms with Gasteiger partial charge in [-0.25, -0.2) is 4.39 Å². The molecule has 2 aromatic carbocycles. The Morgan fingerprint density at radius 3 is 2.59 bits per heavy atom. The van der Waals surface area contributed by atoms with Crippen LogP contribution in [0.5, 0.6) is 11.5 Å². The summed E-state index contributed by atoms with van der Waals surface area (Å²) >= 11 is 6.86. The van der Waals surface area contributed by atoms with Crippen molar-refractivity contribution in [2.45, 2.75) is 26.8 Å². The molecule has 2 amide bonds. The molecular formula is C24H23ClFNO4S. The van der Waals surface area contributed by atoms with Crippen LogP contribution < -0.4 is 9.47 Å². The molecule has 2 aromatic rings. The van der Waals surface area contributed by atoms with Crippen molar-refractivity contribution in [3.8, 4) is 11.5 Å². The van der Waals surface area contributed by atoms with E-state index in [1.165, 1.54) is 18.2 Å². The van der Waals surface area contributed by atoms with E-state index in [1.54, 1.807) is 18.2 Å². The van der Waals surface area contributed by atoms with E-state index in [2.05, 4.69) is 6.58 Å². The first-order valence-corrected chi connectivity index (χ1v) is 11.3. The van der Waals surface area contributed by atoms with Crippen LogP contribution in [0.15, 0.2) is 47.9 Å². The number of halogens is 2. The lowest BCUT2D eigenvalue weighted by Crippen LogP contribution is -2.28. The van der Waals surface area contributed by atoms with Crippen molar-refractivity contribution in [2.75, 3.05) is 13.2 Å². The molecule has 0 N–H and O–H groups in total. The highest BCUT2D eigenvalue weighted by Crippen LogP contribution is 2.38. The van der Waals surface area contributed by atoms with Gasteiger partial charge in [-0.05, 0) is 67.9 Å². The molecule has 1 saturated heterocycles. The zero-order chi connectivity index (χ0) is 23.3. The number of carbonyl (C=O) groups excluding carboxylic acids is 2. The maximum Gasteiger partial charge on any atom is 0.293 e. The summed E-state index contributed by atoms with van der Waals surface area (Å²) in [6, 6.07) is 7.87. The number of thioether (sulfide) groups is 1. The van der Waals surface area contributed by atoms with Gasteiger partial charge in [0.2, 0.25) is 0 Å². The predicted octanol–water partition coefficient (Wildman–Crippen LogP) is 6.24. The lowest BCUT2D eigenvalue weighted by Gasteiger charge is -2.16. The molecule has 0 aliphatic carbocycles. The second kappa shape index (κ2) is 10.7. The van der Waals surface area contributed by atoms with E-state index in [1.807, 2.05) is 19.9 Å². The predicted molar refractivity (Wildman–Crippen MR) is 126 cm³/mol. The third kappa shape index (κ3) is 5.16. The first kappa shape index (κ1) is 23.9. The lowest BCUT2D eigenvalue weighted by molar-refractivity contribution is -0.123. The number of rotatable bonds is 9. The second-order valence-electron chi connectivity index (χ2n) is 6.83. The Bertz CT molecular complexity index is 1070. The van der Waals surface area contributed by atoms with Crippen LogP contribution in [0.2, 0.25) is 5.02 Å². The van der Waals surface area contributed by atoms with Crippen LogP contribution in [0.3, 0.4) is 0 Å². The molecule has 1 fully saturated rings. The Kier molecular flexibility index (Phi) is 7.99. The molecule has 5 nitrogen and oxygen atoms in total. The highest BCUT2D eigenvalue weighted by Gasteiger charge is 2.36. The topological polar surface area (TPSA) is 55.8 Å². The minimum Gasteiger partial charge on any atom is -0.490 e. The van der Waals surface area contributed by atoms with Crippen LogP contribution in [0.25, 0.3) is 6.08 Å². The molecule has 0 radical (unpaired) electrons. The van der Waals surface area contributed by atoms with E-state index in [9.17, 15) is 14.0 Å². The highest BCUT2D eigenvalue weighted by molar-refractivity contribution is 8.18. The van der Waals surface area contributed by atoms with Crippen molar-refractivity contribution in [1.29, 1.82) is 0 Å². The van der Waals surface area contributed by atoms with E-state index in [0.29, 0.717) is 36.7 Å². The highest BCUT2D eigenvalue weighted by atomic mass is 35.5. The number of imide groups is 1. The molecule has 3 rings (SSSR count). The summed E-state index contributed by atoms with van der Waals surface area (Å²) in [6.07, 6.45) is 3.92. The van der Waals surface area contributed by atoms with Gasteiger partial charge in [-0.1, -0.05) is 23.7 Å². The molecule has 1 heterocycles. The van der Waals surface area contributed by atoms with Gasteiger partial charge < -0.3 is 9.47 Å². The van der Waals surface area contributed by atoms with Crippen molar-refractivity contribution < 1.29 is 23.5 Å². The summed E-state index contributed by atoms with van der Waals surface area (Å²) in [6.45, 7) is 8.23. The van der Waals surface area contributed by atoms with E-state index in [4.69, 9.17) is 21.1 Å². The summed E-state index contributed by atoms with van der Waals surface area (Å²) in [5.74, 6) is 0.116. The van der Waals surface area contributed by atoms with Crippen molar-refractivity contribution in [3.05, 3.63) is 75.4 Å².